The van der Waals surface area contributed by atoms with Gasteiger partial charge in [-0.1, -0.05) is 13.3 Å². The summed E-state index contributed by atoms with van der Waals surface area (Å²) < 4.78 is 9.96. The standard InChI is InChI=1S/C8H11NO4/c1-2-3-4-6-5(7(10)12-4)9-8(11)13-6/h4-6H,2-3H2,1H3,(H,9,11)/t4-,5+,6+/m0/s1. The topological polar surface area (TPSA) is 64.6 Å². The zero-order chi connectivity index (χ0) is 9.42. The number of alkyl carbamates (subject to hydrolysis) is 1. The van der Waals surface area contributed by atoms with Crippen LogP contribution in [0.15, 0.2) is 0 Å². The molecule has 2 rings (SSSR count). The van der Waals surface area contributed by atoms with Crippen molar-refractivity contribution in [1.29, 1.82) is 0 Å². The fourth-order valence-electron chi connectivity index (χ4n) is 1.72. The van der Waals surface area contributed by atoms with E-state index in [4.69, 9.17) is 9.47 Å². The molecular weight excluding hydrogens is 174 g/mol. The number of carbonyl (C=O) groups excluding carboxylic acids is 2. The molecule has 0 aromatic carbocycles. The van der Waals surface area contributed by atoms with Gasteiger partial charge in [0.2, 0.25) is 0 Å². The lowest BCUT2D eigenvalue weighted by molar-refractivity contribution is -0.143. The molecule has 13 heavy (non-hydrogen) atoms. The number of esters is 1. The van der Waals surface area contributed by atoms with Crippen LogP contribution in [-0.4, -0.2) is 30.3 Å². The molecule has 0 aromatic heterocycles. The monoisotopic (exact) mass is 185 g/mol. The Hall–Kier alpha value is -1.26. The third-order valence-electron chi connectivity index (χ3n) is 2.31. The van der Waals surface area contributed by atoms with Crippen LogP contribution >= 0.6 is 0 Å². The van der Waals surface area contributed by atoms with Gasteiger partial charge in [-0.05, 0) is 6.42 Å². The average Bonchev–Trinajstić information content (AvgIpc) is 2.55. The molecule has 1 amide bonds. The molecule has 0 aliphatic carbocycles. The van der Waals surface area contributed by atoms with E-state index in [0.29, 0.717) is 0 Å². The van der Waals surface area contributed by atoms with Crippen molar-refractivity contribution in [3.05, 3.63) is 0 Å². The number of rotatable bonds is 2. The molecule has 2 saturated heterocycles. The molecule has 2 fully saturated rings. The van der Waals surface area contributed by atoms with E-state index in [1.807, 2.05) is 6.92 Å². The molecule has 72 valence electrons. The Bertz CT molecular complexity index is 253. The third-order valence-corrected chi connectivity index (χ3v) is 2.31. The third kappa shape index (κ3) is 1.24. The molecule has 5 heteroatoms. The number of hydrogen-bond donors (Lipinski definition) is 1. The van der Waals surface area contributed by atoms with Gasteiger partial charge in [-0.3, -0.25) is 0 Å². The van der Waals surface area contributed by atoms with Crippen molar-refractivity contribution < 1.29 is 19.1 Å². The average molecular weight is 185 g/mol. The predicted octanol–water partition coefficient (Wildman–Crippen LogP) is 0.189. The second-order valence-corrected chi connectivity index (χ2v) is 3.26. The summed E-state index contributed by atoms with van der Waals surface area (Å²) in [4.78, 5) is 22.0. The highest BCUT2D eigenvalue weighted by molar-refractivity contribution is 5.87. The van der Waals surface area contributed by atoms with Crippen LogP contribution in [0.2, 0.25) is 0 Å². The van der Waals surface area contributed by atoms with Crippen LogP contribution in [0.3, 0.4) is 0 Å². The lowest BCUT2D eigenvalue weighted by atomic mass is 10.1. The molecule has 0 aromatic rings. The molecule has 0 unspecified atom stereocenters. The van der Waals surface area contributed by atoms with E-state index in [9.17, 15) is 9.59 Å². The van der Waals surface area contributed by atoms with Crippen molar-refractivity contribution in [3.8, 4) is 0 Å². The van der Waals surface area contributed by atoms with E-state index < -0.39 is 18.2 Å². The smallest absolute Gasteiger partial charge is 0.408 e. The van der Waals surface area contributed by atoms with E-state index in [2.05, 4.69) is 5.32 Å². The Morgan fingerprint density at radius 3 is 2.85 bits per heavy atom. The molecule has 2 aliphatic heterocycles. The van der Waals surface area contributed by atoms with Gasteiger partial charge in [-0.15, -0.1) is 0 Å². The molecule has 0 radical (unpaired) electrons. The zero-order valence-electron chi connectivity index (χ0n) is 7.28. The van der Waals surface area contributed by atoms with E-state index in [1.54, 1.807) is 0 Å². The van der Waals surface area contributed by atoms with E-state index in [0.717, 1.165) is 12.8 Å². The van der Waals surface area contributed by atoms with Crippen molar-refractivity contribution in [2.45, 2.75) is 38.0 Å². The molecule has 3 atom stereocenters. The maximum absolute atomic E-state index is 11.2. The summed E-state index contributed by atoms with van der Waals surface area (Å²) in [6.45, 7) is 1.99. The van der Waals surface area contributed by atoms with Gasteiger partial charge in [0, 0.05) is 0 Å². The van der Waals surface area contributed by atoms with Crippen molar-refractivity contribution in [1.82, 2.24) is 5.32 Å². The van der Waals surface area contributed by atoms with Crippen LogP contribution in [0.1, 0.15) is 19.8 Å². The summed E-state index contributed by atoms with van der Waals surface area (Å²) in [5, 5.41) is 2.42. The zero-order valence-corrected chi connectivity index (χ0v) is 7.28. The van der Waals surface area contributed by atoms with Gasteiger partial charge >= 0.3 is 12.1 Å². The number of ether oxygens (including phenoxy) is 2. The van der Waals surface area contributed by atoms with Gasteiger partial charge in [-0.2, -0.15) is 0 Å². The maximum Gasteiger partial charge on any atom is 0.408 e. The first-order valence-electron chi connectivity index (χ1n) is 4.40. The Morgan fingerprint density at radius 1 is 1.38 bits per heavy atom. The van der Waals surface area contributed by atoms with E-state index >= 15 is 0 Å². The van der Waals surface area contributed by atoms with Crippen molar-refractivity contribution in [2.75, 3.05) is 0 Å². The Balaban J connectivity index is 2.10. The van der Waals surface area contributed by atoms with Crippen molar-refractivity contribution in [3.63, 3.8) is 0 Å². The number of fused-ring (bicyclic) bond motifs is 1. The van der Waals surface area contributed by atoms with Crippen LogP contribution < -0.4 is 5.32 Å². The fraction of sp³-hybridized carbons (Fsp3) is 0.750. The minimum Gasteiger partial charge on any atom is -0.457 e. The lowest BCUT2D eigenvalue weighted by Gasteiger charge is -2.12. The van der Waals surface area contributed by atoms with Gasteiger partial charge in [-0.25, -0.2) is 9.59 Å². The van der Waals surface area contributed by atoms with Gasteiger partial charge in [0.25, 0.3) is 0 Å². The van der Waals surface area contributed by atoms with Crippen molar-refractivity contribution in [2.24, 2.45) is 0 Å². The molecular formula is C8H11NO4. The Morgan fingerprint density at radius 2 is 2.15 bits per heavy atom. The summed E-state index contributed by atoms with van der Waals surface area (Å²) in [6, 6.07) is -0.580. The predicted molar refractivity (Wildman–Crippen MR) is 42.0 cm³/mol. The quantitative estimate of drug-likeness (QED) is 0.623. The second kappa shape index (κ2) is 2.90. The second-order valence-electron chi connectivity index (χ2n) is 3.26. The molecule has 0 saturated carbocycles. The summed E-state index contributed by atoms with van der Waals surface area (Å²) >= 11 is 0. The SMILES string of the molecule is CCC[C@@H]1OC(=O)[C@@H]2NC(=O)O[C@H]12. The van der Waals surface area contributed by atoms with Gasteiger partial charge in [0.05, 0.1) is 0 Å². The molecule has 0 bridgehead atoms. The summed E-state index contributed by atoms with van der Waals surface area (Å²) in [5.74, 6) is -0.380. The van der Waals surface area contributed by atoms with Crippen LogP contribution in [-0.2, 0) is 14.3 Å². The van der Waals surface area contributed by atoms with Gasteiger partial charge < -0.3 is 14.8 Å². The molecule has 2 aliphatic rings. The number of nitrogens with one attached hydrogen (secondary N) is 1. The highest BCUT2D eigenvalue weighted by atomic mass is 16.6. The van der Waals surface area contributed by atoms with Crippen molar-refractivity contribution >= 4 is 12.1 Å². The summed E-state index contributed by atoms with van der Waals surface area (Å²) in [7, 11) is 0. The number of hydrogen-bond acceptors (Lipinski definition) is 4. The van der Waals surface area contributed by atoms with Gasteiger partial charge in [0.1, 0.15) is 6.10 Å². The largest absolute Gasteiger partial charge is 0.457 e. The summed E-state index contributed by atoms with van der Waals surface area (Å²) in [5.41, 5.74) is 0. The number of amides is 1. The van der Waals surface area contributed by atoms with E-state index in [-0.39, 0.29) is 12.1 Å². The maximum atomic E-state index is 11.2. The lowest BCUT2D eigenvalue weighted by Crippen LogP contribution is -2.35. The molecule has 0 spiro atoms. The molecule has 5 nitrogen and oxygen atoms in total. The summed E-state index contributed by atoms with van der Waals surface area (Å²) in [6.07, 6.45) is 0.440. The highest BCUT2D eigenvalue weighted by Crippen LogP contribution is 2.26. The first-order valence-corrected chi connectivity index (χ1v) is 4.40. The van der Waals surface area contributed by atoms with Crippen LogP contribution in [0.25, 0.3) is 0 Å². The first-order chi connectivity index (χ1) is 6.22. The minimum atomic E-state index is -0.580. The Labute approximate surface area is 75.4 Å². The number of carbonyl (C=O) groups is 2. The normalized spacial score (nSPS) is 36.5. The Kier molecular flexibility index (Phi) is 1.86. The van der Waals surface area contributed by atoms with Crippen LogP contribution in [0, 0.1) is 0 Å². The molecule has 2 heterocycles. The molecule has 1 N–H and O–H groups in total. The minimum absolute atomic E-state index is 0.263. The fourth-order valence-corrected chi connectivity index (χ4v) is 1.72. The van der Waals surface area contributed by atoms with Crippen LogP contribution in [0.4, 0.5) is 4.79 Å². The highest BCUT2D eigenvalue weighted by Gasteiger charge is 2.51. The van der Waals surface area contributed by atoms with E-state index in [1.165, 1.54) is 0 Å². The first kappa shape index (κ1) is 8.34. The number of cyclic esters (lactones) is 1. The van der Waals surface area contributed by atoms with Crippen LogP contribution in [0.5, 0.6) is 0 Å². The van der Waals surface area contributed by atoms with Gasteiger partial charge in [0.15, 0.2) is 12.1 Å².